The third-order valence-corrected chi connectivity index (χ3v) is 5.48. The smallest absolute Gasteiger partial charge is 0.323 e. The maximum absolute atomic E-state index is 12.2. The van der Waals surface area contributed by atoms with Crippen LogP contribution in [0.4, 0.5) is 21.9 Å². The molecule has 0 saturated carbocycles. The quantitative estimate of drug-likeness (QED) is 0.831. The predicted octanol–water partition coefficient (Wildman–Crippen LogP) is 3.31. The fourth-order valence-electron chi connectivity index (χ4n) is 2.81. The summed E-state index contributed by atoms with van der Waals surface area (Å²) in [5.41, 5.74) is 2.53. The van der Waals surface area contributed by atoms with E-state index in [1.165, 1.54) is 17.7 Å². The van der Waals surface area contributed by atoms with E-state index < -0.39 is 16.1 Å². The third-order valence-electron chi connectivity index (χ3n) is 4.01. The molecule has 2 aromatic rings. The molecule has 0 aromatic heterocycles. The van der Waals surface area contributed by atoms with E-state index in [0.717, 1.165) is 5.56 Å². The zero-order valence-electron chi connectivity index (χ0n) is 14.2. The highest BCUT2D eigenvalue weighted by Crippen LogP contribution is 2.32. The number of methoxy groups -OCH3 is 1. The van der Waals surface area contributed by atoms with Crippen molar-refractivity contribution >= 4 is 44.7 Å². The fourth-order valence-corrected chi connectivity index (χ4v) is 4.02. The number of nitrogens with one attached hydrogen (secondary N) is 2. The van der Waals surface area contributed by atoms with Crippen molar-refractivity contribution in [3.63, 3.8) is 0 Å². The zero-order chi connectivity index (χ0) is 18.9. The summed E-state index contributed by atoms with van der Waals surface area (Å²) in [4.78, 5) is 12.2. The molecular formula is C17H18ClN3O4S. The molecule has 26 heavy (non-hydrogen) atoms. The average molecular weight is 396 g/mol. The van der Waals surface area contributed by atoms with Gasteiger partial charge >= 0.3 is 6.03 Å². The molecule has 1 aliphatic heterocycles. The first-order valence-corrected chi connectivity index (χ1v) is 10.0. The molecule has 0 fully saturated rings. The van der Waals surface area contributed by atoms with Gasteiger partial charge in [-0.05, 0) is 42.3 Å². The van der Waals surface area contributed by atoms with Crippen LogP contribution in [-0.4, -0.2) is 34.4 Å². The summed E-state index contributed by atoms with van der Waals surface area (Å²) < 4.78 is 30.1. The van der Waals surface area contributed by atoms with Gasteiger partial charge in [0.2, 0.25) is 10.0 Å². The lowest BCUT2D eigenvalue weighted by molar-refractivity contribution is 0.262. The second kappa shape index (κ2) is 7.05. The number of anilines is 3. The molecule has 0 atom stereocenters. The first kappa shape index (κ1) is 18.3. The van der Waals surface area contributed by atoms with Gasteiger partial charge in [0.05, 0.1) is 24.1 Å². The monoisotopic (exact) mass is 395 g/mol. The Morgan fingerprint density at radius 3 is 2.42 bits per heavy atom. The van der Waals surface area contributed by atoms with Gasteiger partial charge in [0.1, 0.15) is 5.75 Å². The number of fused-ring (bicyclic) bond motifs is 1. The number of nitrogens with zero attached hydrogens (tertiary/aromatic N) is 1. The summed E-state index contributed by atoms with van der Waals surface area (Å²) in [6, 6.07) is 9.65. The van der Waals surface area contributed by atoms with Gasteiger partial charge in [0, 0.05) is 17.9 Å². The number of ether oxygens (including phenoxy) is 1. The number of carbonyl (C=O) groups is 1. The Morgan fingerprint density at radius 1 is 1.15 bits per heavy atom. The van der Waals surface area contributed by atoms with Gasteiger partial charge in [-0.15, -0.1) is 0 Å². The molecule has 0 unspecified atom stereocenters. The molecular weight excluding hydrogens is 378 g/mol. The van der Waals surface area contributed by atoms with Crippen molar-refractivity contribution in [3.05, 3.63) is 47.0 Å². The van der Waals surface area contributed by atoms with Crippen LogP contribution in [0.2, 0.25) is 5.02 Å². The maximum Gasteiger partial charge on any atom is 0.323 e. The van der Waals surface area contributed by atoms with E-state index in [1.807, 2.05) is 6.07 Å². The molecule has 138 valence electrons. The number of benzene rings is 2. The molecule has 2 N–H and O–H groups in total. The van der Waals surface area contributed by atoms with Crippen molar-refractivity contribution in [3.8, 4) is 5.75 Å². The summed E-state index contributed by atoms with van der Waals surface area (Å²) in [6.45, 7) is 0.411. The van der Waals surface area contributed by atoms with Crippen LogP contribution in [0.3, 0.4) is 0 Å². The van der Waals surface area contributed by atoms with Crippen molar-refractivity contribution in [2.24, 2.45) is 0 Å². The molecule has 7 nitrogen and oxygen atoms in total. The Hall–Kier alpha value is -2.45. The van der Waals surface area contributed by atoms with Crippen molar-refractivity contribution in [1.29, 1.82) is 0 Å². The maximum atomic E-state index is 12.2. The van der Waals surface area contributed by atoms with E-state index in [0.29, 0.717) is 40.8 Å². The number of amides is 2. The van der Waals surface area contributed by atoms with Crippen LogP contribution in [0.15, 0.2) is 36.4 Å². The minimum absolute atomic E-state index is 0.381. The van der Waals surface area contributed by atoms with Crippen LogP contribution in [0.5, 0.6) is 5.75 Å². The Kier molecular flexibility index (Phi) is 4.97. The molecule has 0 spiro atoms. The lowest BCUT2D eigenvalue weighted by Crippen LogP contribution is -2.27. The summed E-state index contributed by atoms with van der Waals surface area (Å²) in [5, 5.41) is 5.75. The molecule has 1 aliphatic rings. The Morgan fingerprint density at radius 2 is 1.81 bits per heavy atom. The summed E-state index contributed by atoms with van der Waals surface area (Å²) in [5.74, 6) is 0.511. The largest absolute Gasteiger partial charge is 0.495 e. The molecule has 2 amide bonds. The Labute approximate surface area is 157 Å². The first-order chi connectivity index (χ1) is 12.3. The van der Waals surface area contributed by atoms with Gasteiger partial charge in [-0.2, -0.15) is 0 Å². The third kappa shape index (κ3) is 3.86. The van der Waals surface area contributed by atoms with E-state index in [1.54, 1.807) is 30.3 Å². The molecule has 0 radical (unpaired) electrons. The number of rotatable bonds is 4. The van der Waals surface area contributed by atoms with Crippen LogP contribution in [0, 0.1) is 0 Å². The van der Waals surface area contributed by atoms with Gasteiger partial charge < -0.3 is 15.4 Å². The lowest BCUT2D eigenvalue weighted by Gasteiger charge is -2.17. The lowest BCUT2D eigenvalue weighted by atomic mass is 10.1. The average Bonchev–Trinajstić information content (AvgIpc) is 2.98. The zero-order valence-corrected chi connectivity index (χ0v) is 15.8. The van der Waals surface area contributed by atoms with Gasteiger partial charge in [-0.25, -0.2) is 13.2 Å². The number of hydrogen-bond donors (Lipinski definition) is 2. The molecule has 9 heteroatoms. The van der Waals surface area contributed by atoms with Crippen LogP contribution in [-0.2, 0) is 16.4 Å². The van der Waals surface area contributed by atoms with Crippen molar-refractivity contribution in [2.75, 3.05) is 34.8 Å². The first-order valence-electron chi connectivity index (χ1n) is 7.80. The van der Waals surface area contributed by atoms with Crippen LogP contribution in [0.25, 0.3) is 0 Å². The summed E-state index contributed by atoms with van der Waals surface area (Å²) in [6.07, 6.45) is 1.82. The molecule has 3 rings (SSSR count). The summed E-state index contributed by atoms with van der Waals surface area (Å²) >= 11 is 6.04. The Balaban J connectivity index is 1.73. The second-order valence-electron chi connectivity index (χ2n) is 5.86. The molecule has 1 heterocycles. The molecule has 0 saturated heterocycles. The summed E-state index contributed by atoms with van der Waals surface area (Å²) in [7, 11) is -1.83. The number of carbonyl (C=O) groups excluding carboxylic acids is 1. The molecule has 0 bridgehead atoms. The number of hydrogen-bond acceptors (Lipinski definition) is 4. The fraction of sp³-hybridized carbons (Fsp3) is 0.235. The van der Waals surface area contributed by atoms with E-state index in [-0.39, 0.29) is 0 Å². The highest BCUT2D eigenvalue weighted by Gasteiger charge is 2.26. The van der Waals surface area contributed by atoms with E-state index in [2.05, 4.69) is 10.6 Å². The Bertz CT molecular complexity index is 962. The molecule has 0 aliphatic carbocycles. The molecule has 2 aromatic carbocycles. The van der Waals surface area contributed by atoms with E-state index in [9.17, 15) is 13.2 Å². The van der Waals surface area contributed by atoms with Gasteiger partial charge in [-0.1, -0.05) is 17.7 Å². The van der Waals surface area contributed by atoms with Crippen molar-refractivity contribution in [2.45, 2.75) is 6.42 Å². The highest BCUT2D eigenvalue weighted by atomic mass is 35.5. The number of urea groups is 1. The minimum atomic E-state index is -3.34. The highest BCUT2D eigenvalue weighted by molar-refractivity contribution is 7.92. The van der Waals surface area contributed by atoms with Gasteiger partial charge in [0.15, 0.2) is 0 Å². The van der Waals surface area contributed by atoms with Crippen LogP contribution >= 0.6 is 11.6 Å². The van der Waals surface area contributed by atoms with Crippen LogP contribution in [0.1, 0.15) is 5.56 Å². The number of sulfonamides is 1. The number of halogens is 1. The second-order valence-corrected chi connectivity index (χ2v) is 8.17. The van der Waals surface area contributed by atoms with Crippen molar-refractivity contribution < 1.29 is 17.9 Å². The standard InChI is InChI=1S/C17H18ClN3O4S/c1-25-16-6-5-12(9-14(16)18)19-17(22)20-13-4-3-11-7-8-21(15(11)10-13)26(2,23)24/h3-6,9-10H,7-8H2,1-2H3,(H2,19,20,22). The van der Waals surface area contributed by atoms with Gasteiger partial charge in [-0.3, -0.25) is 4.31 Å². The normalized spacial score (nSPS) is 13.3. The minimum Gasteiger partial charge on any atom is -0.495 e. The topological polar surface area (TPSA) is 87.7 Å². The van der Waals surface area contributed by atoms with Gasteiger partial charge in [0.25, 0.3) is 0 Å². The van der Waals surface area contributed by atoms with Crippen LogP contribution < -0.4 is 19.7 Å². The van der Waals surface area contributed by atoms with E-state index in [4.69, 9.17) is 16.3 Å². The SMILES string of the molecule is COc1ccc(NC(=O)Nc2ccc3c(c2)N(S(C)(=O)=O)CC3)cc1Cl. The van der Waals surface area contributed by atoms with Crippen molar-refractivity contribution in [1.82, 2.24) is 0 Å². The van der Waals surface area contributed by atoms with E-state index >= 15 is 0 Å². The predicted molar refractivity (Wildman–Crippen MR) is 103 cm³/mol.